The molecule has 0 saturated carbocycles. The number of anilines is 1. The number of aromatic nitrogens is 3. The van der Waals surface area contributed by atoms with Crippen LogP contribution in [0.3, 0.4) is 0 Å². The number of rotatable bonds is 7. The lowest BCUT2D eigenvalue weighted by atomic mass is 9.86. The van der Waals surface area contributed by atoms with E-state index < -0.39 is 0 Å². The van der Waals surface area contributed by atoms with Crippen molar-refractivity contribution in [2.45, 2.75) is 33.1 Å². The molecule has 0 radical (unpaired) electrons. The molecule has 208 valence electrons. The zero-order valence-electron chi connectivity index (χ0n) is 23.6. The van der Waals surface area contributed by atoms with E-state index >= 15 is 0 Å². The van der Waals surface area contributed by atoms with Crippen LogP contribution in [0, 0.1) is 6.92 Å². The van der Waals surface area contributed by atoms with Gasteiger partial charge in [0.25, 0.3) is 11.8 Å². The molecule has 0 fully saturated rings. The van der Waals surface area contributed by atoms with Crippen LogP contribution < -0.4 is 10.6 Å². The van der Waals surface area contributed by atoms with Gasteiger partial charge in [0, 0.05) is 40.0 Å². The van der Waals surface area contributed by atoms with Gasteiger partial charge < -0.3 is 20.7 Å². The van der Waals surface area contributed by atoms with E-state index in [1.54, 1.807) is 12.1 Å². The molecule has 0 aliphatic heterocycles. The standard InChI is InChI=1S/C33H33N5O3/c1-20-25(6-5-7-27(20)38-32(41)23-12-14-24(15-13-23)33(2,3)4)29-26-18-28(37-30(26)36-19-35-29)21-8-10-22(11-9-21)31(40)34-16-17-39/h5-15,18-19,39H,16-17H2,1-4H3,(H,34,40)(H,38,41)(H,35,36,37). The zero-order chi connectivity index (χ0) is 29.1. The Balaban J connectivity index is 1.42. The van der Waals surface area contributed by atoms with Crippen LogP contribution in [0.25, 0.3) is 33.5 Å². The van der Waals surface area contributed by atoms with Crippen molar-refractivity contribution in [3.05, 3.63) is 101 Å². The molecule has 8 heteroatoms. The second-order valence-corrected chi connectivity index (χ2v) is 11.0. The summed E-state index contributed by atoms with van der Waals surface area (Å²) in [7, 11) is 0. The van der Waals surface area contributed by atoms with Crippen molar-refractivity contribution in [2.24, 2.45) is 0 Å². The zero-order valence-corrected chi connectivity index (χ0v) is 23.6. The Hall–Kier alpha value is -4.82. The van der Waals surface area contributed by atoms with Crippen molar-refractivity contribution >= 4 is 28.5 Å². The smallest absolute Gasteiger partial charge is 0.255 e. The van der Waals surface area contributed by atoms with Crippen molar-refractivity contribution < 1.29 is 14.7 Å². The maximum atomic E-state index is 13.1. The molecular weight excluding hydrogens is 514 g/mol. The van der Waals surface area contributed by atoms with Gasteiger partial charge in [0.1, 0.15) is 12.0 Å². The molecule has 2 heterocycles. The summed E-state index contributed by atoms with van der Waals surface area (Å²) >= 11 is 0. The van der Waals surface area contributed by atoms with Crippen LogP contribution >= 0.6 is 0 Å². The number of amides is 2. The fourth-order valence-corrected chi connectivity index (χ4v) is 4.73. The van der Waals surface area contributed by atoms with E-state index in [1.165, 1.54) is 11.9 Å². The van der Waals surface area contributed by atoms with Crippen LogP contribution in [-0.2, 0) is 5.41 Å². The molecular formula is C33H33N5O3. The van der Waals surface area contributed by atoms with Crippen LogP contribution in [0.2, 0.25) is 0 Å². The average molecular weight is 548 g/mol. The predicted octanol–water partition coefficient (Wildman–Crippen LogP) is 5.87. The number of aromatic amines is 1. The van der Waals surface area contributed by atoms with Crippen molar-refractivity contribution in [3.63, 3.8) is 0 Å². The molecule has 0 aliphatic carbocycles. The second-order valence-electron chi connectivity index (χ2n) is 11.0. The van der Waals surface area contributed by atoms with E-state index in [0.29, 0.717) is 22.5 Å². The highest BCUT2D eigenvalue weighted by molar-refractivity contribution is 6.05. The molecule has 3 aromatic carbocycles. The summed E-state index contributed by atoms with van der Waals surface area (Å²) in [5, 5.41) is 15.5. The first-order chi connectivity index (χ1) is 19.7. The van der Waals surface area contributed by atoms with E-state index in [9.17, 15) is 9.59 Å². The minimum absolute atomic E-state index is 0.0154. The average Bonchev–Trinajstić information content (AvgIpc) is 3.41. The molecule has 0 unspecified atom stereocenters. The number of carbonyl (C=O) groups is 2. The van der Waals surface area contributed by atoms with Gasteiger partial charge in [-0.1, -0.05) is 57.2 Å². The van der Waals surface area contributed by atoms with Crippen LogP contribution in [0.4, 0.5) is 5.69 Å². The van der Waals surface area contributed by atoms with Gasteiger partial charge >= 0.3 is 0 Å². The molecule has 4 N–H and O–H groups in total. The van der Waals surface area contributed by atoms with Crippen LogP contribution in [0.1, 0.15) is 52.6 Å². The van der Waals surface area contributed by atoms with E-state index in [4.69, 9.17) is 5.11 Å². The van der Waals surface area contributed by atoms with Gasteiger partial charge in [-0.25, -0.2) is 9.97 Å². The van der Waals surface area contributed by atoms with Gasteiger partial charge in [-0.15, -0.1) is 0 Å². The van der Waals surface area contributed by atoms with Crippen molar-refractivity contribution in [1.82, 2.24) is 20.3 Å². The summed E-state index contributed by atoms with van der Waals surface area (Å²) in [6.45, 7) is 8.50. The first-order valence-corrected chi connectivity index (χ1v) is 13.5. The third kappa shape index (κ3) is 5.88. The Morgan fingerprint density at radius 3 is 2.27 bits per heavy atom. The number of hydrogen-bond donors (Lipinski definition) is 4. The summed E-state index contributed by atoms with van der Waals surface area (Å²) in [5.74, 6) is -0.407. The summed E-state index contributed by atoms with van der Waals surface area (Å²) in [6, 6.07) is 22.7. The number of hydrogen-bond acceptors (Lipinski definition) is 5. The molecule has 5 rings (SSSR count). The van der Waals surface area contributed by atoms with E-state index in [1.807, 2.05) is 67.6 Å². The number of aliphatic hydroxyl groups excluding tert-OH is 1. The second kappa shape index (κ2) is 11.3. The molecule has 0 bridgehead atoms. The minimum Gasteiger partial charge on any atom is -0.395 e. The molecule has 0 aliphatic rings. The Morgan fingerprint density at radius 1 is 0.902 bits per heavy atom. The Morgan fingerprint density at radius 2 is 1.59 bits per heavy atom. The molecule has 5 aromatic rings. The third-order valence-corrected chi connectivity index (χ3v) is 7.13. The highest BCUT2D eigenvalue weighted by Crippen LogP contribution is 2.34. The highest BCUT2D eigenvalue weighted by Gasteiger charge is 2.17. The van der Waals surface area contributed by atoms with Crippen molar-refractivity contribution in [2.75, 3.05) is 18.5 Å². The topological polar surface area (TPSA) is 120 Å². The number of benzene rings is 3. The van der Waals surface area contributed by atoms with Gasteiger partial charge in [0.2, 0.25) is 0 Å². The molecule has 0 atom stereocenters. The van der Waals surface area contributed by atoms with Crippen molar-refractivity contribution in [3.8, 4) is 22.5 Å². The van der Waals surface area contributed by atoms with Crippen molar-refractivity contribution in [1.29, 1.82) is 0 Å². The normalized spacial score (nSPS) is 11.4. The SMILES string of the molecule is Cc1c(NC(=O)c2ccc(C(C)(C)C)cc2)cccc1-c1ncnc2[nH]c(-c3ccc(C(=O)NCCO)cc3)cc12. The maximum absolute atomic E-state index is 13.1. The quantitative estimate of drug-likeness (QED) is 0.203. The number of carbonyl (C=O) groups excluding carboxylic acids is 2. The first kappa shape index (κ1) is 27.7. The first-order valence-electron chi connectivity index (χ1n) is 13.5. The number of aliphatic hydroxyl groups is 1. The number of nitrogens with zero attached hydrogens (tertiary/aromatic N) is 2. The molecule has 2 aromatic heterocycles. The van der Waals surface area contributed by atoms with Gasteiger partial charge in [0.05, 0.1) is 12.3 Å². The molecule has 0 spiro atoms. The fraction of sp³-hybridized carbons (Fsp3) is 0.212. The maximum Gasteiger partial charge on any atom is 0.255 e. The van der Waals surface area contributed by atoms with Gasteiger partial charge in [-0.05, 0) is 65.4 Å². The number of H-pyrrole nitrogens is 1. The predicted molar refractivity (Wildman–Crippen MR) is 162 cm³/mol. The molecule has 41 heavy (non-hydrogen) atoms. The Bertz CT molecular complexity index is 1720. The Kier molecular flexibility index (Phi) is 7.68. The molecule has 0 saturated heterocycles. The van der Waals surface area contributed by atoms with E-state index in [-0.39, 0.29) is 30.4 Å². The number of fused-ring (bicyclic) bond motifs is 1. The summed E-state index contributed by atoms with van der Waals surface area (Å²) in [4.78, 5) is 37.7. The van der Waals surface area contributed by atoms with Crippen LogP contribution in [-0.4, -0.2) is 45.0 Å². The molecule has 8 nitrogen and oxygen atoms in total. The lowest BCUT2D eigenvalue weighted by molar-refractivity contribution is 0.0944. The lowest BCUT2D eigenvalue weighted by Crippen LogP contribution is -2.26. The summed E-state index contributed by atoms with van der Waals surface area (Å²) in [6.07, 6.45) is 1.52. The lowest BCUT2D eigenvalue weighted by Gasteiger charge is -2.19. The largest absolute Gasteiger partial charge is 0.395 e. The van der Waals surface area contributed by atoms with Gasteiger partial charge in [0.15, 0.2) is 0 Å². The monoisotopic (exact) mass is 547 g/mol. The number of nitrogens with one attached hydrogen (secondary N) is 3. The molecule has 2 amide bonds. The van der Waals surface area contributed by atoms with E-state index in [2.05, 4.69) is 46.4 Å². The van der Waals surface area contributed by atoms with Gasteiger partial charge in [-0.3, -0.25) is 9.59 Å². The third-order valence-electron chi connectivity index (χ3n) is 7.13. The summed E-state index contributed by atoms with van der Waals surface area (Å²) < 4.78 is 0. The van der Waals surface area contributed by atoms with Crippen LogP contribution in [0.15, 0.2) is 79.1 Å². The fourth-order valence-electron chi connectivity index (χ4n) is 4.73. The highest BCUT2D eigenvalue weighted by atomic mass is 16.3. The van der Waals surface area contributed by atoms with Gasteiger partial charge in [-0.2, -0.15) is 0 Å². The van der Waals surface area contributed by atoms with Crippen LogP contribution in [0.5, 0.6) is 0 Å². The Labute approximate surface area is 238 Å². The minimum atomic E-state index is -0.236. The van der Waals surface area contributed by atoms with E-state index in [0.717, 1.165) is 33.5 Å². The summed E-state index contributed by atoms with van der Waals surface area (Å²) in [5.41, 5.74) is 7.96.